The van der Waals surface area contributed by atoms with Gasteiger partial charge < -0.3 is 15.7 Å². The predicted octanol–water partition coefficient (Wildman–Crippen LogP) is 2.42. The first kappa shape index (κ1) is 16.0. The van der Waals surface area contributed by atoms with Gasteiger partial charge in [-0.15, -0.1) is 0 Å². The molecule has 0 heterocycles. The predicted molar refractivity (Wildman–Crippen MR) is 78.5 cm³/mol. The lowest BCUT2D eigenvalue weighted by molar-refractivity contribution is -0.115. The topological polar surface area (TPSA) is 61.4 Å². The van der Waals surface area contributed by atoms with Gasteiger partial charge >= 0.3 is 0 Å². The summed E-state index contributed by atoms with van der Waals surface area (Å²) >= 11 is 5.95. The third-order valence-corrected chi connectivity index (χ3v) is 3.02. The molecule has 3 N–H and O–H groups in total. The van der Waals surface area contributed by atoms with Gasteiger partial charge in [-0.05, 0) is 31.5 Å². The zero-order valence-corrected chi connectivity index (χ0v) is 11.7. The number of unbranched alkanes of at least 4 members (excludes halogenated alkanes) is 3. The van der Waals surface area contributed by atoms with Gasteiger partial charge in [-0.3, -0.25) is 4.79 Å². The molecule has 5 heteroatoms. The first-order chi connectivity index (χ1) is 9.24. The van der Waals surface area contributed by atoms with Crippen molar-refractivity contribution in [1.29, 1.82) is 0 Å². The van der Waals surface area contributed by atoms with Crippen molar-refractivity contribution in [3.63, 3.8) is 0 Å². The van der Waals surface area contributed by atoms with E-state index in [9.17, 15) is 4.79 Å². The molecule has 0 radical (unpaired) electrons. The highest BCUT2D eigenvalue weighted by atomic mass is 35.5. The SMILES string of the molecule is O=C(CNCCCCCCO)Nc1ccccc1Cl. The minimum Gasteiger partial charge on any atom is -0.396 e. The van der Waals surface area contributed by atoms with E-state index in [4.69, 9.17) is 16.7 Å². The number of nitrogens with one attached hydrogen (secondary N) is 2. The molecule has 0 aliphatic heterocycles. The fraction of sp³-hybridized carbons (Fsp3) is 0.500. The lowest BCUT2D eigenvalue weighted by Gasteiger charge is -2.08. The standard InChI is InChI=1S/C14H21ClN2O2/c15-12-7-3-4-8-13(12)17-14(19)11-16-9-5-1-2-6-10-18/h3-4,7-8,16,18H,1-2,5-6,9-11H2,(H,17,19). The van der Waals surface area contributed by atoms with Crippen molar-refractivity contribution in [2.45, 2.75) is 25.7 Å². The Labute approximate surface area is 119 Å². The van der Waals surface area contributed by atoms with Crippen LogP contribution in [0.4, 0.5) is 5.69 Å². The number of hydrogen-bond donors (Lipinski definition) is 3. The van der Waals surface area contributed by atoms with Crippen LogP contribution in [0, 0.1) is 0 Å². The van der Waals surface area contributed by atoms with Gasteiger partial charge in [0.25, 0.3) is 0 Å². The summed E-state index contributed by atoms with van der Waals surface area (Å²) in [6.45, 7) is 1.35. The Morgan fingerprint density at radius 1 is 1.16 bits per heavy atom. The third kappa shape index (κ3) is 7.15. The van der Waals surface area contributed by atoms with Gasteiger partial charge in [0, 0.05) is 6.61 Å². The Morgan fingerprint density at radius 3 is 2.63 bits per heavy atom. The van der Waals surface area contributed by atoms with Crippen molar-refractivity contribution < 1.29 is 9.90 Å². The Bertz CT molecular complexity index is 385. The zero-order valence-electron chi connectivity index (χ0n) is 11.0. The fourth-order valence-electron chi connectivity index (χ4n) is 1.67. The summed E-state index contributed by atoms with van der Waals surface area (Å²) in [5.41, 5.74) is 0.638. The normalized spacial score (nSPS) is 10.4. The average Bonchev–Trinajstić information content (AvgIpc) is 2.40. The molecule has 0 aromatic heterocycles. The molecule has 0 atom stereocenters. The highest BCUT2D eigenvalue weighted by Gasteiger charge is 2.04. The van der Waals surface area contributed by atoms with Gasteiger partial charge in [0.1, 0.15) is 0 Å². The second kappa shape index (κ2) is 9.78. The average molecular weight is 285 g/mol. The van der Waals surface area contributed by atoms with Crippen LogP contribution in [0.5, 0.6) is 0 Å². The molecule has 1 aromatic carbocycles. The van der Waals surface area contributed by atoms with E-state index in [1.54, 1.807) is 12.1 Å². The maximum absolute atomic E-state index is 11.6. The number of hydrogen-bond acceptors (Lipinski definition) is 3. The lowest BCUT2D eigenvalue weighted by Crippen LogP contribution is -2.28. The summed E-state index contributed by atoms with van der Waals surface area (Å²) < 4.78 is 0. The third-order valence-electron chi connectivity index (χ3n) is 2.70. The van der Waals surface area contributed by atoms with E-state index in [1.807, 2.05) is 12.1 Å². The molecular weight excluding hydrogens is 264 g/mol. The van der Waals surface area contributed by atoms with E-state index in [1.165, 1.54) is 0 Å². The number of carbonyl (C=O) groups excluding carboxylic acids is 1. The highest BCUT2D eigenvalue weighted by molar-refractivity contribution is 6.33. The number of para-hydroxylation sites is 1. The molecule has 0 bridgehead atoms. The molecule has 106 valence electrons. The number of halogens is 1. The van der Waals surface area contributed by atoms with Crippen molar-refractivity contribution >= 4 is 23.2 Å². The Balaban J connectivity index is 2.10. The molecule has 19 heavy (non-hydrogen) atoms. The fourth-order valence-corrected chi connectivity index (χ4v) is 1.86. The van der Waals surface area contributed by atoms with Gasteiger partial charge in [-0.1, -0.05) is 36.6 Å². The van der Waals surface area contributed by atoms with Gasteiger partial charge in [0.05, 0.1) is 17.3 Å². The lowest BCUT2D eigenvalue weighted by atomic mass is 10.2. The molecule has 1 amide bonds. The van der Waals surface area contributed by atoms with Gasteiger partial charge in [0.2, 0.25) is 5.91 Å². The molecule has 1 rings (SSSR count). The van der Waals surface area contributed by atoms with E-state index >= 15 is 0 Å². The van der Waals surface area contributed by atoms with E-state index in [0.29, 0.717) is 10.7 Å². The van der Waals surface area contributed by atoms with Crippen LogP contribution in [0.1, 0.15) is 25.7 Å². The van der Waals surface area contributed by atoms with Crippen molar-refractivity contribution in [3.8, 4) is 0 Å². The molecule has 0 aliphatic carbocycles. The number of benzene rings is 1. The monoisotopic (exact) mass is 284 g/mol. The quantitative estimate of drug-likeness (QED) is 0.610. The van der Waals surface area contributed by atoms with Crippen LogP contribution in [0.2, 0.25) is 5.02 Å². The number of aliphatic hydroxyl groups excluding tert-OH is 1. The number of aliphatic hydroxyl groups is 1. The van der Waals surface area contributed by atoms with E-state index in [2.05, 4.69) is 10.6 Å². The van der Waals surface area contributed by atoms with Crippen LogP contribution in [0.3, 0.4) is 0 Å². The molecule has 0 saturated heterocycles. The van der Waals surface area contributed by atoms with Gasteiger partial charge in [0.15, 0.2) is 0 Å². The van der Waals surface area contributed by atoms with Gasteiger partial charge in [-0.25, -0.2) is 0 Å². The summed E-state index contributed by atoms with van der Waals surface area (Å²) in [7, 11) is 0. The second-order valence-electron chi connectivity index (χ2n) is 4.34. The molecule has 4 nitrogen and oxygen atoms in total. The minimum atomic E-state index is -0.0940. The van der Waals surface area contributed by atoms with Crippen LogP contribution in [0.15, 0.2) is 24.3 Å². The van der Waals surface area contributed by atoms with Crippen molar-refractivity contribution in [2.75, 3.05) is 25.0 Å². The first-order valence-electron chi connectivity index (χ1n) is 6.60. The molecule has 0 fully saturated rings. The van der Waals surface area contributed by atoms with Crippen LogP contribution in [-0.4, -0.2) is 30.7 Å². The molecule has 1 aromatic rings. The number of anilines is 1. The summed E-state index contributed by atoms with van der Waals surface area (Å²) in [5.74, 6) is -0.0940. The minimum absolute atomic E-state index is 0.0940. The first-order valence-corrected chi connectivity index (χ1v) is 6.98. The number of carbonyl (C=O) groups is 1. The number of rotatable bonds is 9. The second-order valence-corrected chi connectivity index (χ2v) is 4.75. The largest absolute Gasteiger partial charge is 0.396 e. The molecule has 0 aliphatic rings. The molecule has 0 unspecified atom stereocenters. The van der Waals surface area contributed by atoms with Crippen LogP contribution in [0.25, 0.3) is 0 Å². The summed E-state index contributed by atoms with van der Waals surface area (Å²) in [5, 5.41) is 15.0. The van der Waals surface area contributed by atoms with Crippen LogP contribution < -0.4 is 10.6 Å². The summed E-state index contributed by atoms with van der Waals surface area (Å²) in [6.07, 6.45) is 3.97. The maximum atomic E-state index is 11.6. The highest BCUT2D eigenvalue weighted by Crippen LogP contribution is 2.19. The van der Waals surface area contributed by atoms with Crippen molar-refractivity contribution in [3.05, 3.63) is 29.3 Å². The molecule has 0 spiro atoms. The van der Waals surface area contributed by atoms with E-state index in [0.717, 1.165) is 32.2 Å². The molecule has 0 saturated carbocycles. The Hall–Kier alpha value is -1.10. The Morgan fingerprint density at radius 2 is 1.89 bits per heavy atom. The Kier molecular flexibility index (Phi) is 8.21. The van der Waals surface area contributed by atoms with Crippen LogP contribution in [-0.2, 0) is 4.79 Å². The summed E-state index contributed by atoms with van der Waals surface area (Å²) in [4.78, 5) is 11.6. The maximum Gasteiger partial charge on any atom is 0.238 e. The summed E-state index contributed by atoms with van der Waals surface area (Å²) in [6, 6.07) is 7.17. The van der Waals surface area contributed by atoms with E-state index < -0.39 is 0 Å². The number of amides is 1. The van der Waals surface area contributed by atoms with Crippen molar-refractivity contribution in [1.82, 2.24) is 5.32 Å². The van der Waals surface area contributed by atoms with E-state index in [-0.39, 0.29) is 19.1 Å². The molecular formula is C14H21ClN2O2. The zero-order chi connectivity index (χ0) is 13.9. The van der Waals surface area contributed by atoms with Crippen LogP contribution >= 0.6 is 11.6 Å². The van der Waals surface area contributed by atoms with Gasteiger partial charge in [-0.2, -0.15) is 0 Å². The van der Waals surface area contributed by atoms with Crippen molar-refractivity contribution in [2.24, 2.45) is 0 Å². The smallest absolute Gasteiger partial charge is 0.238 e.